The fraction of sp³-hybridized carbons (Fsp3) is 0.286. The van der Waals surface area contributed by atoms with Gasteiger partial charge in [0, 0.05) is 23.3 Å². The number of nitrogens with zero attached hydrogens (tertiary/aromatic N) is 1. The highest BCUT2D eigenvalue weighted by molar-refractivity contribution is 7.10. The zero-order valence-electron chi connectivity index (χ0n) is 10.7. The fourth-order valence-electron chi connectivity index (χ4n) is 1.78. The van der Waals surface area contributed by atoms with E-state index in [1.165, 1.54) is 0 Å². The van der Waals surface area contributed by atoms with Crippen LogP contribution >= 0.6 is 11.3 Å². The topological polar surface area (TPSA) is 62.2 Å². The molecule has 2 rings (SSSR count). The third-order valence-corrected chi connectivity index (χ3v) is 3.78. The first-order valence-electron chi connectivity index (χ1n) is 6.05. The molecule has 2 aromatic heterocycles. The predicted molar refractivity (Wildman–Crippen MR) is 75.1 cm³/mol. The highest BCUT2D eigenvalue weighted by atomic mass is 32.1. The number of aromatic nitrogens is 1. The number of hydrogen-bond acceptors (Lipinski definition) is 4. The van der Waals surface area contributed by atoms with Crippen LogP contribution in [-0.4, -0.2) is 16.1 Å². The number of carbonyl (C=O) groups is 1. The molecule has 0 radical (unpaired) electrons. The molecule has 0 aliphatic carbocycles. The molecule has 0 fully saturated rings. The monoisotopic (exact) mass is 276 g/mol. The van der Waals surface area contributed by atoms with Gasteiger partial charge >= 0.3 is 5.97 Å². The number of nitrogens with one attached hydrogen (secondary N) is 1. The largest absolute Gasteiger partial charge is 0.481 e. The third kappa shape index (κ3) is 4.15. The number of pyridine rings is 1. The number of carboxylic acids is 1. The van der Waals surface area contributed by atoms with E-state index in [9.17, 15) is 4.79 Å². The van der Waals surface area contributed by atoms with Gasteiger partial charge in [0.2, 0.25) is 0 Å². The maximum Gasteiger partial charge on any atom is 0.305 e. The van der Waals surface area contributed by atoms with Crippen LogP contribution in [0, 0.1) is 6.92 Å². The molecule has 0 aromatic carbocycles. The predicted octanol–water partition coefficient (Wildman–Crippen LogP) is 2.76. The Kier molecular flexibility index (Phi) is 4.65. The molecule has 0 saturated heterocycles. The maximum atomic E-state index is 10.9. The summed E-state index contributed by atoms with van der Waals surface area (Å²) < 4.78 is 0. The van der Waals surface area contributed by atoms with Gasteiger partial charge in [-0.3, -0.25) is 9.78 Å². The Morgan fingerprint density at radius 2 is 2.32 bits per heavy atom. The second-order valence-corrected chi connectivity index (χ2v) is 5.33. The summed E-state index contributed by atoms with van der Waals surface area (Å²) in [7, 11) is 0. The average molecular weight is 276 g/mol. The highest BCUT2D eigenvalue weighted by Crippen LogP contribution is 2.22. The summed E-state index contributed by atoms with van der Waals surface area (Å²) in [5.74, 6) is -0.798. The van der Waals surface area contributed by atoms with Crippen LogP contribution in [-0.2, 0) is 11.3 Å². The van der Waals surface area contributed by atoms with Gasteiger partial charge in [0.25, 0.3) is 0 Å². The van der Waals surface area contributed by atoms with Gasteiger partial charge in [-0.15, -0.1) is 11.3 Å². The molecule has 0 aliphatic heterocycles. The lowest BCUT2D eigenvalue weighted by molar-refractivity contribution is -0.137. The summed E-state index contributed by atoms with van der Waals surface area (Å²) in [5, 5.41) is 14.2. The van der Waals surface area contributed by atoms with E-state index in [1.54, 1.807) is 11.3 Å². The minimum absolute atomic E-state index is 0.0831. The van der Waals surface area contributed by atoms with E-state index in [4.69, 9.17) is 5.11 Å². The first kappa shape index (κ1) is 13.7. The molecule has 19 heavy (non-hydrogen) atoms. The fourth-order valence-corrected chi connectivity index (χ4v) is 2.58. The van der Waals surface area contributed by atoms with Crippen molar-refractivity contribution in [2.45, 2.75) is 25.9 Å². The summed E-state index contributed by atoms with van der Waals surface area (Å²) in [6.45, 7) is 2.55. The van der Waals surface area contributed by atoms with Crippen molar-refractivity contribution in [3.05, 3.63) is 52.0 Å². The number of thiophene rings is 1. The van der Waals surface area contributed by atoms with Gasteiger partial charge in [-0.25, -0.2) is 0 Å². The normalized spacial score (nSPS) is 12.3. The molecule has 0 aliphatic rings. The number of aliphatic carboxylic acids is 1. The Hall–Kier alpha value is -1.72. The Morgan fingerprint density at radius 1 is 1.47 bits per heavy atom. The van der Waals surface area contributed by atoms with Crippen molar-refractivity contribution in [2.24, 2.45) is 0 Å². The Labute approximate surface area is 116 Å². The number of carboxylic acid groups (broad SMARTS) is 1. The summed E-state index contributed by atoms with van der Waals surface area (Å²) in [5.41, 5.74) is 2.03. The van der Waals surface area contributed by atoms with Crippen LogP contribution in [0.1, 0.15) is 28.6 Å². The summed E-state index contributed by atoms with van der Waals surface area (Å²) in [6, 6.07) is 7.69. The molecular formula is C14H16N2O2S. The first-order chi connectivity index (χ1) is 9.15. The van der Waals surface area contributed by atoms with Gasteiger partial charge in [-0.1, -0.05) is 12.1 Å². The van der Waals surface area contributed by atoms with Crippen LogP contribution in [0.5, 0.6) is 0 Å². The smallest absolute Gasteiger partial charge is 0.305 e. The minimum Gasteiger partial charge on any atom is -0.481 e. The van der Waals surface area contributed by atoms with E-state index in [1.807, 2.05) is 42.8 Å². The molecule has 0 spiro atoms. The molecule has 2 N–H and O–H groups in total. The van der Waals surface area contributed by atoms with Crippen LogP contribution in [0.4, 0.5) is 0 Å². The zero-order valence-corrected chi connectivity index (χ0v) is 11.5. The quantitative estimate of drug-likeness (QED) is 0.851. The van der Waals surface area contributed by atoms with Crippen molar-refractivity contribution in [1.29, 1.82) is 0 Å². The van der Waals surface area contributed by atoms with Crippen molar-refractivity contribution >= 4 is 17.3 Å². The Balaban J connectivity index is 2.00. The van der Waals surface area contributed by atoms with Crippen LogP contribution in [0.15, 0.2) is 35.8 Å². The van der Waals surface area contributed by atoms with Crippen LogP contribution in [0.25, 0.3) is 0 Å². The molecular weight excluding hydrogens is 260 g/mol. The van der Waals surface area contributed by atoms with E-state index in [0.717, 1.165) is 16.1 Å². The first-order valence-corrected chi connectivity index (χ1v) is 6.93. The van der Waals surface area contributed by atoms with Crippen LogP contribution < -0.4 is 5.32 Å². The highest BCUT2D eigenvalue weighted by Gasteiger charge is 2.15. The SMILES string of the molecule is Cc1ccc(CNC(CC(=O)O)c2cccs2)cn1. The lowest BCUT2D eigenvalue weighted by Crippen LogP contribution is -2.22. The van der Waals surface area contributed by atoms with Crippen molar-refractivity contribution in [3.63, 3.8) is 0 Å². The van der Waals surface area contributed by atoms with E-state index in [0.29, 0.717) is 6.54 Å². The number of hydrogen-bond donors (Lipinski definition) is 2. The van der Waals surface area contributed by atoms with E-state index in [-0.39, 0.29) is 12.5 Å². The molecule has 1 unspecified atom stereocenters. The molecule has 2 heterocycles. The number of aryl methyl sites for hydroxylation is 1. The van der Waals surface area contributed by atoms with Crippen molar-refractivity contribution < 1.29 is 9.90 Å². The Morgan fingerprint density at radius 3 is 2.89 bits per heavy atom. The summed E-state index contributed by atoms with van der Waals surface area (Å²) in [4.78, 5) is 16.2. The van der Waals surface area contributed by atoms with Crippen LogP contribution in [0.2, 0.25) is 0 Å². The van der Waals surface area contributed by atoms with E-state index >= 15 is 0 Å². The van der Waals surface area contributed by atoms with E-state index < -0.39 is 5.97 Å². The third-order valence-electron chi connectivity index (χ3n) is 2.79. The summed E-state index contributed by atoms with van der Waals surface area (Å²) in [6.07, 6.45) is 1.90. The molecule has 100 valence electrons. The van der Waals surface area contributed by atoms with Crippen molar-refractivity contribution in [2.75, 3.05) is 0 Å². The zero-order chi connectivity index (χ0) is 13.7. The lowest BCUT2D eigenvalue weighted by Gasteiger charge is -2.15. The van der Waals surface area contributed by atoms with Crippen molar-refractivity contribution in [3.8, 4) is 0 Å². The molecule has 5 heteroatoms. The lowest BCUT2D eigenvalue weighted by atomic mass is 10.1. The molecule has 1 atom stereocenters. The van der Waals surface area contributed by atoms with Gasteiger partial charge in [-0.05, 0) is 30.0 Å². The van der Waals surface area contributed by atoms with Crippen molar-refractivity contribution in [1.82, 2.24) is 10.3 Å². The maximum absolute atomic E-state index is 10.9. The standard InChI is InChI=1S/C14H16N2O2S/c1-10-4-5-11(8-15-10)9-16-12(7-14(17)18)13-3-2-6-19-13/h2-6,8,12,16H,7,9H2,1H3,(H,17,18). The second-order valence-electron chi connectivity index (χ2n) is 4.35. The molecule has 4 nitrogen and oxygen atoms in total. The second kappa shape index (κ2) is 6.45. The summed E-state index contributed by atoms with van der Waals surface area (Å²) >= 11 is 1.57. The van der Waals surface area contributed by atoms with Gasteiger partial charge in [0.05, 0.1) is 12.5 Å². The van der Waals surface area contributed by atoms with Gasteiger partial charge < -0.3 is 10.4 Å². The molecule has 0 bridgehead atoms. The van der Waals surface area contributed by atoms with Gasteiger partial charge in [-0.2, -0.15) is 0 Å². The molecule has 0 saturated carbocycles. The average Bonchev–Trinajstić information content (AvgIpc) is 2.90. The minimum atomic E-state index is -0.798. The molecule has 0 amide bonds. The van der Waals surface area contributed by atoms with Gasteiger partial charge in [0.15, 0.2) is 0 Å². The van der Waals surface area contributed by atoms with Gasteiger partial charge in [0.1, 0.15) is 0 Å². The Bertz CT molecular complexity index is 523. The van der Waals surface area contributed by atoms with Crippen LogP contribution in [0.3, 0.4) is 0 Å². The van der Waals surface area contributed by atoms with E-state index in [2.05, 4.69) is 10.3 Å². The molecule has 2 aromatic rings. The number of rotatable bonds is 6.